The van der Waals surface area contributed by atoms with Crippen molar-refractivity contribution in [3.63, 3.8) is 0 Å². The highest BCUT2D eigenvalue weighted by atomic mass is 16.5. The van der Waals surface area contributed by atoms with Gasteiger partial charge in [0.25, 0.3) is 0 Å². The maximum atomic E-state index is 11.7. The Hall–Kier alpha value is -1.35. The molecule has 19 heavy (non-hydrogen) atoms. The van der Waals surface area contributed by atoms with Gasteiger partial charge in [0.05, 0.1) is 0 Å². The van der Waals surface area contributed by atoms with Gasteiger partial charge in [0, 0.05) is 0 Å². The molecule has 0 heterocycles. The average molecular weight is 261 g/mol. The van der Waals surface area contributed by atoms with E-state index in [1.165, 1.54) is 37.7 Å². The smallest absolute Gasteiger partial charge is 0.330 e. The first kappa shape index (κ1) is 14.1. The van der Waals surface area contributed by atoms with E-state index < -0.39 is 11.5 Å². The number of nitrogens with two attached hydrogens (primary N) is 1. The van der Waals surface area contributed by atoms with Crippen LogP contribution in [0.5, 0.6) is 5.75 Å². The van der Waals surface area contributed by atoms with Crippen LogP contribution in [0.25, 0.3) is 0 Å². The number of carbonyl (C=O) groups excluding carboxylic acids is 1. The van der Waals surface area contributed by atoms with E-state index >= 15 is 0 Å². The fraction of sp³-hybridized carbons (Fsp3) is 0.562. The van der Waals surface area contributed by atoms with E-state index in [0.29, 0.717) is 11.7 Å². The summed E-state index contributed by atoms with van der Waals surface area (Å²) in [5, 5.41) is 0. The van der Waals surface area contributed by atoms with Crippen LogP contribution in [-0.2, 0) is 4.79 Å². The lowest BCUT2D eigenvalue weighted by molar-refractivity contribution is -0.139. The highest BCUT2D eigenvalue weighted by Crippen LogP contribution is 2.33. The van der Waals surface area contributed by atoms with E-state index in [-0.39, 0.29) is 0 Å². The highest BCUT2D eigenvalue weighted by molar-refractivity contribution is 5.81. The third kappa shape index (κ3) is 3.80. The summed E-state index contributed by atoms with van der Waals surface area (Å²) in [7, 11) is 0. The topological polar surface area (TPSA) is 52.3 Å². The minimum Gasteiger partial charge on any atom is -0.425 e. The highest BCUT2D eigenvalue weighted by Gasteiger charge is 2.24. The van der Waals surface area contributed by atoms with Gasteiger partial charge in [-0.05, 0) is 50.3 Å². The van der Waals surface area contributed by atoms with Crippen molar-refractivity contribution in [3.8, 4) is 5.75 Å². The van der Waals surface area contributed by atoms with Crippen LogP contribution >= 0.6 is 0 Å². The molecular weight excluding hydrogens is 238 g/mol. The summed E-state index contributed by atoms with van der Waals surface area (Å²) in [5.74, 6) is 0.838. The molecule has 2 rings (SSSR count). The van der Waals surface area contributed by atoms with Gasteiger partial charge >= 0.3 is 5.97 Å². The van der Waals surface area contributed by atoms with Gasteiger partial charge in [-0.2, -0.15) is 0 Å². The first-order valence-electron chi connectivity index (χ1n) is 7.08. The molecule has 0 aromatic heterocycles. The Balaban J connectivity index is 2.00. The Kier molecular flexibility index (Phi) is 4.25. The van der Waals surface area contributed by atoms with Crippen LogP contribution < -0.4 is 10.5 Å². The van der Waals surface area contributed by atoms with Crippen molar-refractivity contribution < 1.29 is 9.53 Å². The van der Waals surface area contributed by atoms with E-state index in [2.05, 4.69) is 12.1 Å². The second-order valence-electron chi connectivity index (χ2n) is 6.02. The van der Waals surface area contributed by atoms with E-state index in [1.807, 2.05) is 12.1 Å². The van der Waals surface area contributed by atoms with E-state index in [1.54, 1.807) is 13.8 Å². The van der Waals surface area contributed by atoms with Crippen LogP contribution in [0.3, 0.4) is 0 Å². The molecular formula is C16H23NO2. The summed E-state index contributed by atoms with van der Waals surface area (Å²) >= 11 is 0. The molecule has 1 aromatic rings. The van der Waals surface area contributed by atoms with Gasteiger partial charge in [0.1, 0.15) is 11.3 Å². The number of esters is 1. The zero-order valence-electron chi connectivity index (χ0n) is 11.8. The van der Waals surface area contributed by atoms with E-state index in [9.17, 15) is 4.79 Å². The molecule has 0 radical (unpaired) electrons. The summed E-state index contributed by atoms with van der Waals surface area (Å²) in [6, 6.07) is 7.88. The Morgan fingerprint density at radius 1 is 1.16 bits per heavy atom. The predicted octanol–water partition coefficient (Wildman–Crippen LogP) is 3.38. The van der Waals surface area contributed by atoms with Crippen molar-refractivity contribution in [2.45, 2.75) is 57.4 Å². The van der Waals surface area contributed by atoms with Crippen LogP contribution in [0, 0.1) is 0 Å². The quantitative estimate of drug-likeness (QED) is 0.670. The first-order chi connectivity index (χ1) is 8.97. The lowest BCUT2D eigenvalue weighted by Gasteiger charge is -2.22. The number of ether oxygens (including phenoxy) is 1. The average Bonchev–Trinajstić information content (AvgIpc) is 2.39. The van der Waals surface area contributed by atoms with Gasteiger partial charge in [-0.25, -0.2) is 4.79 Å². The largest absolute Gasteiger partial charge is 0.425 e. The van der Waals surface area contributed by atoms with Crippen molar-refractivity contribution in [1.82, 2.24) is 0 Å². The predicted molar refractivity (Wildman–Crippen MR) is 76.2 cm³/mol. The molecule has 1 aromatic carbocycles. The number of carbonyl (C=O) groups is 1. The minimum absolute atomic E-state index is 0.405. The minimum atomic E-state index is -0.956. The third-order valence-corrected chi connectivity index (χ3v) is 3.69. The number of hydrogen-bond donors (Lipinski definition) is 1. The number of rotatable bonds is 3. The first-order valence-corrected chi connectivity index (χ1v) is 7.08. The third-order valence-electron chi connectivity index (χ3n) is 3.69. The molecule has 0 atom stereocenters. The zero-order valence-corrected chi connectivity index (χ0v) is 11.8. The van der Waals surface area contributed by atoms with Gasteiger partial charge in [-0.3, -0.25) is 0 Å². The second-order valence-corrected chi connectivity index (χ2v) is 6.02. The maximum absolute atomic E-state index is 11.7. The number of hydrogen-bond acceptors (Lipinski definition) is 3. The Bertz CT molecular complexity index is 425. The maximum Gasteiger partial charge on any atom is 0.330 e. The SMILES string of the molecule is CC(C)(N)C(=O)Oc1ccc(C2CCCCC2)cc1. The molecule has 3 heteroatoms. The fourth-order valence-electron chi connectivity index (χ4n) is 2.48. The molecule has 0 spiro atoms. The monoisotopic (exact) mass is 261 g/mol. The summed E-state index contributed by atoms with van der Waals surface area (Å²) in [6.07, 6.45) is 6.55. The van der Waals surface area contributed by atoms with E-state index in [0.717, 1.165) is 0 Å². The van der Waals surface area contributed by atoms with Gasteiger partial charge in [0.15, 0.2) is 0 Å². The summed E-state index contributed by atoms with van der Waals surface area (Å²) in [4.78, 5) is 11.7. The van der Waals surface area contributed by atoms with Crippen LogP contribution in [0.15, 0.2) is 24.3 Å². The number of benzene rings is 1. The molecule has 1 saturated carbocycles. The van der Waals surface area contributed by atoms with Crippen LogP contribution in [0.2, 0.25) is 0 Å². The molecule has 0 bridgehead atoms. The van der Waals surface area contributed by atoms with Crippen LogP contribution in [-0.4, -0.2) is 11.5 Å². The van der Waals surface area contributed by atoms with Gasteiger partial charge in [-0.15, -0.1) is 0 Å². The molecule has 1 aliphatic carbocycles. The van der Waals surface area contributed by atoms with Crippen molar-refractivity contribution in [2.75, 3.05) is 0 Å². The van der Waals surface area contributed by atoms with Gasteiger partial charge in [0.2, 0.25) is 0 Å². The lowest BCUT2D eigenvalue weighted by Crippen LogP contribution is -2.44. The van der Waals surface area contributed by atoms with Crippen molar-refractivity contribution in [2.24, 2.45) is 5.73 Å². The zero-order chi connectivity index (χ0) is 13.9. The van der Waals surface area contributed by atoms with Crippen LogP contribution in [0.1, 0.15) is 57.4 Å². The Labute approximate surface area is 115 Å². The Morgan fingerprint density at radius 3 is 2.26 bits per heavy atom. The van der Waals surface area contributed by atoms with Crippen LogP contribution in [0.4, 0.5) is 0 Å². The lowest BCUT2D eigenvalue weighted by atomic mass is 9.84. The van der Waals surface area contributed by atoms with Crippen molar-refractivity contribution in [3.05, 3.63) is 29.8 Å². The van der Waals surface area contributed by atoms with Gasteiger partial charge < -0.3 is 10.5 Å². The summed E-state index contributed by atoms with van der Waals surface area (Å²) in [6.45, 7) is 3.29. The standard InChI is InChI=1S/C16H23NO2/c1-16(2,17)15(18)19-14-10-8-13(9-11-14)12-6-4-3-5-7-12/h8-12H,3-7,17H2,1-2H3. The second kappa shape index (κ2) is 5.74. The normalized spacial score (nSPS) is 17.2. The van der Waals surface area contributed by atoms with Crippen molar-refractivity contribution in [1.29, 1.82) is 0 Å². The van der Waals surface area contributed by atoms with E-state index in [4.69, 9.17) is 10.5 Å². The molecule has 3 nitrogen and oxygen atoms in total. The van der Waals surface area contributed by atoms with Crippen molar-refractivity contribution >= 4 is 5.97 Å². The molecule has 1 aliphatic rings. The molecule has 0 aliphatic heterocycles. The molecule has 2 N–H and O–H groups in total. The van der Waals surface area contributed by atoms with Gasteiger partial charge in [-0.1, -0.05) is 31.4 Å². The molecule has 104 valence electrons. The fourth-order valence-corrected chi connectivity index (χ4v) is 2.48. The Morgan fingerprint density at radius 2 is 1.74 bits per heavy atom. The summed E-state index contributed by atoms with van der Waals surface area (Å²) in [5.41, 5.74) is 6.10. The molecule has 0 unspecified atom stereocenters. The summed E-state index contributed by atoms with van der Waals surface area (Å²) < 4.78 is 5.26. The molecule has 0 amide bonds. The molecule has 0 saturated heterocycles. The molecule has 1 fully saturated rings.